The van der Waals surface area contributed by atoms with Crippen LogP contribution in [0.15, 0.2) is 34.7 Å². The van der Waals surface area contributed by atoms with Crippen LogP contribution in [0.2, 0.25) is 5.15 Å². The summed E-state index contributed by atoms with van der Waals surface area (Å²) < 4.78 is 26.9. The molecule has 0 aliphatic carbocycles. The van der Waals surface area contributed by atoms with Gasteiger partial charge in [0.15, 0.2) is 0 Å². The average Bonchev–Trinajstić information content (AvgIpc) is 2.88. The molecule has 2 aromatic rings. The van der Waals surface area contributed by atoms with E-state index in [0.717, 1.165) is 12.0 Å². The third-order valence-electron chi connectivity index (χ3n) is 3.53. The van der Waals surface area contributed by atoms with E-state index in [-0.39, 0.29) is 16.1 Å². The summed E-state index contributed by atoms with van der Waals surface area (Å²) in [5, 5.41) is 2.30. The highest BCUT2D eigenvalue weighted by Gasteiger charge is 2.34. The van der Waals surface area contributed by atoms with Crippen LogP contribution < -0.4 is 0 Å². The molecular formula is C13H13ClN2O2S2. The summed E-state index contributed by atoms with van der Waals surface area (Å²) in [4.78, 5) is 5.32. The molecule has 4 nitrogen and oxygen atoms in total. The van der Waals surface area contributed by atoms with Crippen LogP contribution in [0, 0.1) is 0 Å². The molecule has 106 valence electrons. The van der Waals surface area contributed by atoms with Crippen molar-refractivity contribution in [1.29, 1.82) is 0 Å². The van der Waals surface area contributed by atoms with Gasteiger partial charge in [0.1, 0.15) is 10.0 Å². The van der Waals surface area contributed by atoms with Gasteiger partial charge < -0.3 is 0 Å². The molecular weight excluding hydrogens is 316 g/mol. The number of thiophene rings is 1. The third kappa shape index (κ3) is 2.26. The maximum Gasteiger partial charge on any atom is 0.245 e. The normalized spacial score (nSPS) is 19.8. The van der Waals surface area contributed by atoms with Gasteiger partial charge in [0.2, 0.25) is 10.0 Å². The van der Waals surface area contributed by atoms with Gasteiger partial charge in [-0.15, -0.1) is 11.3 Å². The first-order valence-electron chi connectivity index (χ1n) is 6.20. The number of nitrogens with zero attached hydrogens (tertiary/aromatic N) is 2. The molecule has 2 aromatic heterocycles. The Bertz CT molecular complexity index is 725. The number of hydrogen-bond acceptors (Lipinski definition) is 4. The summed E-state index contributed by atoms with van der Waals surface area (Å²) in [6.45, 7) is 2.42. The summed E-state index contributed by atoms with van der Waals surface area (Å²) in [6, 6.07) is 4.86. The molecule has 0 radical (unpaired) electrons. The monoisotopic (exact) mass is 328 g/mol. The number of aromatic nitrogens is 1. The van der Waals surface area contributed by atoms with Crippen molar-refractivity contribution in [2.45, 2.75) is 24.3 Å². The molecule has 1 aliphatic heterocycles. The highest BCUT2D eigenvalue weighted by molar-refractivity contribution is 7.89. The number of halogens is 1. The predicted octanol–water partition coefficient (Wildman–Crippen LogP) is 3.10. The number of hydrogen-bond donors (Lipinski definition) is 0. The molecule has 1 atom stereocenters. The zero-order chi connectivity index (χ0) is 14.3. The summed E-state index contributed by atoms with van der Waals surface area (Å²) in [6.07, 6.45) is 2.07. The number of pyridine rings is 1. The Labute approximate surface area is 127 Å². The van der Waals surface area contributed by atoms with Crippen LogP contribution in [0.1, 0.15) is 23.4 Å². The van der Waals surface area contributed by atoms with Crippen molar-refractivity contribution in [3.8, 4) is 0 Å². The van der Waals surface area contributed by atoms with Crippen molar-refractivity contribution in [3.63, 3.8) is 0 Å². The molecule has 3 heterocycles. The van der Waals surface area contributed by atoms with Crippen molar-refractivity contribution in [2.24, 2.45) is 0 Å². The van der Waals surface area contributed by atoms with Crippen LogP contribution in [0.5, 0.6) is 0 Å². The topological polar surface area (TPSA) is 50.3 Å². The van der Waals surface area contributed by atoms with Gasteiger partial charge in [0.05, 0.1) is 0 Å². The van der Waals surface area contributed by atoms with Crippen molar-refractivity contribution >= 4 is 33.0 Å². The van der Waals surface area contributed by atoms with E-state index in [1.165, 1.54) is 27.5 Å². The molecule has 0 saturated carbocycles. The first-order chi connectivity index (χ1) is 9.50. The fourth-order valence-electron chi connectivity index (χ4n) is 2.47. The van der Waals surface area contributed by atoms with Gasteiger partial charge in [0, 0.05) is 23.7 Å². The summed E-state index contributed by atoms with van der Waals surface area (Å²) in [5.74, 6) is 0. The molecule has 0 bridgehead atoms. The van der Waals surface area contributed by atoms with Crippen LogP contribution >= 0.6 is 22.9 Å². The SMILES string of the molecule is CC1c2ccsc2CCN1S(=O)(=O)c1ccc(Cl)nc1. The van der Waals surface area contributed by atoms with E-state index in [0.29, 0.717) is 6.54 Å². The molecule has 1 unspecified atom stereocenters. The molecule has 0 aromatic carbocycles. The zero-order valence-electron chi connectivity index (χ0n) is 10.8. The lowest BCUT2D eigenvalue weighted by molar-refractivity contribution is 0.329. The van der Waals surface area contributed by atoms with Crippen LogP contribution in [-0.2, 0) is 16.4 Å². The molecule has 0 amide bonds. The summed E-state index contributed by atoms with van der Waals surface area (Å²) in [5.41, 5.74) is 1.10. The standard InChI is InChI=1S/C13H13ClN2O2S2/c1-9-11-5-7-19-12(11)4-6-16(9)20(17,18)10-2-3-13(14)15-8-10/h2-3,5,7-9H,4,6H2,1H3. The molecule has 20 heavy (non-hydrogen) atoms. The van der Waals surface area contributed by atoms with Gasteiger partial charge in [-0.2, -0.15) is 4.31 Å². The average molecular weight is 329 g/mol. The van der Waals surface area contributed by atoms with Crippen LogP contribution in [0.4, 0.5) is 0 Å². The maximum absolute atomic E-state index is 12.7. The fourth-order valence-corrected chi connectivity index (χ4v) is 5.10. The third-order valence-corrected chi connectivity index (χ3v) is 6.70. The second-order valence-corrected chi connectivity index (χ2v) is 7.94. The lowest BCUT2D eigenvalue weighted by Crippen LogP contribution is -2.38. The van der Waals surface area contributed by atoms with E-state index in [4.69, 9.17) is 11.6 Å². The van der Waals surface area contributed by atoms with E-state index in [9.17, 15) is 8.42 Å². The summed E-state index contributed by atoms with van der Waals surface area (Å²) in [7, 11) is -3.53. The van der Waals surface area contributed by atoms with E-state index < -0.39 is 10.0 Å². The largest absolute Gasteiger partial charge is 0.245 e. The van der Waals surface area contributed by atoms with Gasteiger partial charge in [-0.3, -0.25) is 0 Å². The second-order valence-electron chi connectivity index (χ2n) is 4.66. The molecule has 0 spiro atoms. The molecule has 0 saturated heterocycles. The quantitative estimate of drug-likeness (QED) is 0.796. The maximum atomic E-state index is 12.7. The zero-order valence-corrected chi connectivity index (χ0v) is 13.2. The second kappa shape index (κ2) is 5.11. The molecule has 7 heteroatoms. The van der Waals surface area contributed by atoms with Gasteiger partial charge in [-0.25, -0.2) is 13.4 Å². The smallest absolute Gasteiger partial charge is 0.243 e. The minimum atomic E-state index is -3.53. The Morgan fingerprint density at radius 3 is 2.90 bits per heavy atom. The number of rotatable bonds is 2. The van der Waals surface area contributed by atoms with Crippen molar-refractivity contribution in [1.82, 2.24) is 9.29 Å². The Hall–Kier alpha value is -0.950. The number of fused-ring (bicyclic) bond motifs is 1. The molecule has 1 aliphatic rings. The highest BCUT2D eigenvalue weighted by Crippen LogP contribution is 2.36. The molecule has 0 N–H and O–H groups in total. The van der Waals surface area contributed by atoms with E-state index >= 15 is 0 Å². The van der Waals surface area contributed by atoms with E-state index in [1.54, 1.807) is 11.3 Å². The van der Waals surface area contributed by atoms with E-state index in [2.05, 4.69) is 4.98 Å². The predicted molar refractivity (Wildman–Crippen MR) is 79.6 cm³/mol. The summed E-state index contributed by atoms with van der Waals surface area (Å²) >= 11 is 7.40. The van der Waals surface area contributed by atoms with Gasteiger partial charge in [-0.1, -0.05) is 11.6 Å². The Balaban J connectivity index is 1.99. The Morgan fingerprint density at radius 1 is 1.40 bits per heavy atom. The van der Waals surface area contributed by atoms with Gasteiger partial charge in [0.25, 0.3) is 0 Å². The highest BCUT2D eigenvalue weighted by atomic mass is 35.5. The lowest BCUT2D eigenvalue weighted by Gasteiger charge is -2.32. The van der Waals surface area contributed by atoms with Crippen molar-refractivity contribution in [3.05, 3.63) is 45.4 Å². The van der Waals surface area contributed by atoms with Crippen molar-refractivity contribution < 1.29 is 8.42 Å². The molecule has 3 rings (SSSR count). The first-order valence-corrected chi connectivity index (χ1v) is 8.89. The minimum absolute atomic E-state index is 0.148. The molecule has 0 fully saturated rings. The fraction of sp³-hybridized carbons (Fsp3) is 0.308. The van der Waals surface area contributed by atoms with Gasteiger partial charge in [-0.05, 0) is 42.5 Å². The minimum Gasteiger partial charge on any atom is -0.243 e. The van der Waals surface area contributed by atoms with Crippen LogP contribution in [-0.4, -0.2) is 24.3 Å². The Kier molecular flexibility index (Phi) is 3.58. The lowest BCUT2D eigenvalue weighted by atomic mass is 10.0. The first kappa shape index (κ1) is 14.0. The Morgan fingerprint density at radius 2 is 2.20 bits per heavy atom. The van der Waals surface area contributed by atoms with Crippen molar-refractivity contribution in [2.75, 3.05) is 6.54 Å². The van der Waals surface area contributed by atoms with E-state index in [1.807, 2.05) is 18.4 Å². The van der Waals surface area contributed by atoms with Crippen LogP contribution in [0.25, 0.3) is 0 Å². The number of sulfonamides is 1. The van der Waals surface area contributed by atoms with Gasteiger partial charge >= 0.3 is 0 Å². The van der Waals surface area contributed by atoms with Crippen LogP contribution in [0.3, 0.4) is 0 Å².